The monoisotopic (exact) mass is 418 g/mol. The Kier molecular flexibility index (Phi) is 6.27. The molecule has 3 heterocycles. The van der Waals surface area contributed by atoms with Gasteiger partial charge in [-0.05, 0) is 29.8 Å². The SMILES string of the molecule is C.NC1=N[C@@]2(c3cccc(NC(=O)c4ccc(Cl)cn4)c3)CCOC[C@H]2CS1. The van der Waals surface area contributed by atoms with Crippen LogP contribution in [0.3, 0.4) is 0 Å². The van der Waals surface area contributed by atoms with Gasteiger partial charge in [-0.25, -0.2) is 4.98 Å². The van der Waals surface area contributed by atoms with Crippen LogP contribution >= 0.6 is 23.4 Å². The van der Waals surface area contributed by atoms with Crippen molar-refractivity contribution >= 4 is 40.1 Å². The highest BCUT2D eigenvalue weighted by Crippen LogP contribution is 2.45. The molecular formula is C20H23ClN4O2S. The number of benzene rings is 1. The summed E-state index contributed by atoms with van der Waals surface area (Å²) in [7, 11) is 0. The van der Waals surface area contributed by atoms with E-state index in [1.54, 1.807) is 23.9 Å². The van der Waals surface area contributed by atoms with Gasteiger partial charge in [0.05, 0.1) is 17.2 Å². The molecule has 1 fully saturated rings. The van der Waals surface area contributed by atoms with E-state index in [9.17, 15) is 4.79 Å². The lowest BCUT2D eigenvalue weighted by atomic mass is 9.75. The Bertz CT molecular complexity index is 890. The van der Waals surface area contributed by atoms with Crippen LogP contribution in [0.2, 0.25) is 5.02 Å². The maximum atomic E-state index is 12.5. The minimum Gasteiger partial charge on any atom is -0.381 e. The summed E-state index contributed by atoms with van der Waals surface area (Å²) in [6.45, 7) is 1.30. The minimum atomic E-state index is -0.396. The number of nitrogens with two attached hydrogens (primary N) is 1. The Labute approximate surface area is 173 Å². The van der Waals surface area contributed by atoms with E-state index in [1.807, 2.05) is 24.3 Å². The van der Waals surface area contributed by atoms with Crippen molar-refractivity contribution in [3.05, 3.63) is 58.9 Å². The lowest BCUT2D eigenvalue weighted by Crippen LogP contribution is -2.46. The van der Waals surface area contributed by atoms with Gasteiger partial charge in [-0.2, -0.15) is 0 Å². The van der Waals surface area contributed by atoms with Gasteiger partial charge in [0, 0.05) is 36.6 Å². The Morgan fingerprint density at radius 3 is 3.00 bits per heavy atom. The van der Waals surface area contributed by atoms with Gasteiger partial charge in [0.25, 0.3) is 5.91 Å². The summed E-state index contributed by atoms with van der Waals surface area (Å²) in [4.78, 5) is 21.3. The standard InChI is InChI=1S/C19H19ClN4O2S.CH4/c20-14-4-5-16(22-9-14)17(25)23-15-3-1-2-12(8-15)19-6-7-26-10-13(19)11-27-18(21)24-19;/h1-5,8-9,13H,6-7,10-11H2,(H2,21,24)(H,23,25);1H4/t13-,19+;/m0./s1. The number of nitrogens with zero attached hydrogens (tertiary/aromatic N) is 2. The number of anilines is 1. The van der Waals surface area contributed by atoms with Gasteiger partial charge < -0.3 is 15.8 Å². The largest absolute Gasteiger partial charge is 0.381 e. The quantitative estimate of drug-likeness (QED) is 0.788. The fourth-order valence-corrected chi connectivity index (χ4v) is 4.64. The summed E-state index contributed by atoms with van der Waals surface area (Å²) in [5, 5.41) is 3.99. The van der Waals surface area contributed by atoms with Crippen LogP contribution in [0.25, 0.3) is 0 Å². The molecule has 2 aromatic rings. The number of hydrogen-bond acceptors (Lipinski definition) is 6. The number of carbonyl (C=O) groups is 1. The summed E-state index contributed by atoms with van der Waals surface area (Å²) in [5.41, 5.74) is 7.70. The first kappa shape index (κ1) is 20.6. The normalized spacial score (nSPS) is 23.8. The van der Waals surface area contributed by atoms with Crippen molar-refractivity contribution in [2.24, 2.45) is 16.6 Å². The summed E-state index contributed by atoms with van der Waals surface area (Å²) in [6, 6.07) is 11.0. The predicted molar refractivity (Wildman–Crippen MR) is 115 cm³/mol. The number of rotatable bonds is 3. The molecule has 0 bridgehead atoms. The van der Waals surface area contributed by atoms with Crippen molar-refractivity contribution < 1.29 is 9.53 Å². The average molecular weight is 419 g/mol. The molecule has 148 valence electrons. The van der Waals surface area contributed by atoms with E-state index in [2.05, 4.69) is 10.3 Å². The molecule has 28 heavy (non-hydrogen) atoms. The first-order valence-electron chi connectivity index (χ1n) is 8.66. The van der Waals surface area contributed by atoms with Crippen LogP contribution in [-0.2, 0) is 10.3 Å². The number of hydrogen-bond donors (Lipinski definition) is 2. The van der Waals surface area contributed by atoms with Gasteiger partial charge in [-0.15, -0.1) is 0 Å². The maximum absolute atomic E-state index is 12.5. The molecule has 0 saturated carbocycles. The van der Waals surface area contributed by atoms with E-state index in [-0.39, 0.29) is 19.3 Å². The fraction of sp³-hybridized carbons (Fsp3) is 0.350. The van der Waals surface area contributed by atoms with Crippen molar-refractivity contribution in [1.29, 1.82) is 0 Å². The molecule has 6 nitrogen and oxygen atoms in total. The van der Waals surface area contributed by atoms with E-state index in [4.69, 9.17) is 27.1 Å². The van der Waals surface area contributed by atoms with Gasteiger partial charge in [0.1, 0.15) is 5.69 Å². The number of pyridine rings is 1. The van der Waals surface area contributed by atoms with Crippen LogP contribution in [0.1, 0.15) is 29.9 Å². The van der Waals surface area contributed by atoms with Gasteiger partial charge in [0.2, 0.25) is 0 Å². The molecule has 1 aromatic heterocycles. The summed E-state index contributed by atoms with van der Waals surface area (Å²) in [6.07, 6.45) is 2.23. The Morgan fingerprint density at radius 1 is 1.36 bits per heavy atom. The number of fused-ring (bicyclic) bond motifs is 1. The second kappa shape index (κ2) is 8.51. The van der Waals surface area contributed by atoms with Crippen LogP contribution in [-0.4, -0.2) is 35.0 Å². The molecule has 1 saturated heterocycles. The fourth-order valence-electron chi connectivity index (χ4n) is 3.56. The van der Waals surface area contributed by atoms with E-state index in [0.717, 1.165) is 17.7 Å². The van der Waals surface area contributed by atoms with Gasteiger partial charge in [-0.1, -0.05) is 42.9 Å². The van der Waals surface area contributed by atoms with Crippen LogP contribution in [0, 0.1) is 5.92 Å². The van der Waals surface area contributed by atoms with Crippen molar-refractivity contribution in [3.63, 3.8) is 0 Å². The summed E-state index contributed by atoms with van der Waals surface area (Å²) in [5.74, 6) is 0.847. The highest BCUT2D eigenvalue weighted by atomic mass is 35.5. The van der Waals surface area contributed by atoms with E-state index < -0.39 is 5.54 Å². The smallest absolute Gasteiger partial charge is 0.274 e. The highest BCUT2D eigenvalue weighted by molar-refractivity contribution is 8.13. The van der Waals surface area contributed by atoms with Crippen LogP contribution in [0.4, 0.5) is 5.69 Å². The van der Waals surface area contributed by atoms with Crippen LogP contribution in [0.5, 0.6) is 0 Å². The second-order valence-corrected chi connectivity index (χ2v) is 8.08. The second-order valence-electron chi connectivity index (χ2n) is 6.60. The number of aliphatic imine (C=N–C) groups is 1. The van der Waals surface area contributed by atoms with Crippen LogP contribution in [0.15, 0.2) is 47.6 Å². The third-order valence-corrected chi connectivity index (χ3v) is 6.12. The Morgan fingerprint density at radius 2 is 2.21 bits per heavy atom. The van der Waals surface area contributed by atoms with E-state index in [0.29, 0.717) is 34.8 Å². The van der Waals surface area contributed by atoms with Crippen molar-refractivity contribution in [2.45, 2.75) is 19.4 Å². The molecule has 3 N–H and O–H groups in total. The first-order valence-corrected chi connectivity index (χ1v) is 10.0. The number of halogens is 1. The number of ether oxygens (including phenoxy) is 1. The molecule has 0 spiro atoms. The summed E-state index contributed by atoms with van der Waals surface area (Å²) >= 11 is 7.40. The molecule has 8 heteroatoms. The molecule has 0 radical (unpaired) electrons. The van der Waals surface area contributed by atoms with E-state index in [1.165, 1.54) is 6.20 Å². The molecule has 4 rings (SSSR count). The molecule has 1 amide bonds. The molecule has 2 aliphatic heterocycles. The molecule has 0 unspecified atom stereocenters. The lowest BCUT2D eigenvalue weighted by molar-refractivity contribution is 0.0101. The van der Waals surface area contributed by atoms with Crippen LogP contribution < -0.4 is 11.1 Å². The zero-order valence-corrected chi connectivity index (χ0v) is 16.1. The molecule has 2 aliphatic rings. The van der Waals surface area contributed by atoms with Crippen molar-refractivity contribution in [1.82, 2.24) is 4.98 Å². The first-order chi connectivity index (χ1) is 13.1. The Balaban J connectivity index is 0.00000225. The molecule has 0 aliphatic carbocycles. The Hall–Kier alpha value is -2.09. The highest BCUT2D eigenvalue weighted by Gasteiger charge is 2.45. The number of nitrogens with one attached hydrogen (secondary N) is 1. The lowest BCUT2D eigenvalue weighted by Gasteiger charge is -2.44. The maximum Gasteiger partial charge on any atom is 0.274 e. The number of carbonyl (C=O) groups excluding carboxylic acids is 1. The number of amidine groups is 1. The zero-order valence-electron chi connectivity index (χ0n) is 14.5. The molecule has 2 atom stereocenters. The van der Waals surface area contributed by atoms with Gasteiger partial charge in [-0.3, -0.25) is 9.79 Å². The number of thioether (sulfide) groups is 1. The number of aromatic nitrogens is 1. The van der Waals surface area contributed by atoms with Crippen molar-refractivity contribution in [2.75, 3.05) is 24.3 Å². The molecule has 1 aromatic carbocycles. The molecular weight excluding hydrogens is 396 g/mol. The third-order valence-electron chi connectivity index (χ3n) is 4.94. The minimum absolute atomic E-state index is 0. The zero-order chi connectivity index (χ0) is 18.9. The predicted octanol–water partition coefficient (Wildman–Crippen LogP) is 3.92. The van der Waals surface area contributed by atoms with Gasteiger partial charge >= 0.3 is 0 Å². The third kappa shape index (κ3) is 4.01. The average Bonchev–Trinajstić information content (AvgIpc) is 2.68. The van der Waals surface area contributed by atoms with E-state index >= 15 is 0 Å². The van der Waals surface area contributed by atoms with Crippen molar-refractivity contribution in [3.8, 4) is 0 Å². The topological polar surface area (TPSA) is 89.6 Å². The number of amides is 1. The summed E-state index contributed by atoms with van der Waals surface area (Å²) < 4.78 is 5.67. The van der Waals surface area contributed by atoms with Gasteiger partial charge in [0.15, 0.2) is 5.17 Å².